The van der Waals surface area contributed by atoms with E-state index in [1.54, 1.807) is 11.3 Å². The average Bonchev–Trinajstić information content (AvgIpc) is 2.87. The Hall–Kier alpha value is -0.480. The average molecular weight is 259 g/mol. The van der Waals surface area contributed by atoms with Gasteiger partial charge in [-0.25, -0.2) is 8.78 Å². The first-order valence-electron chi connectivity index (χ1n) is 6.23. The summed E-state index contributed by atoms with van der Waals surface area (Å²) < 4.78 is 26.5. The van der Waals surface area contributed by atoms with Gasteiger partial charge < -0.3 is 5.32 Å². The van der Waals surface area contributed by atoms with E-state index in [1.165, 1.54) is 5.56 Å². The van der Waals surface area contributed by atoms with Crippen LogP contribution in [0.5, 0.6) is 0 Å². The Morgan fingerprint density at radius 3 is 2.94 bits per heavy atom. The van der Waals surface area contributed by atoms with Gasteiger partial charge in [0.05, 0.1) is 0 Å². The van der Waals surface area contributed by atoms with Crippen LogP contribution < -0.4 is 5.32 Å². The number of hydrogen-bond donors (Lipinski definition) is 1. The van der Waals surface area contributed by atoms with Crippen molar-refractivity contribution in [1.82, 2.24) is 5.32 Å². The topological polar surface area (TPSA) is 12.0 Å². The van der Waals surface area contributed by atoms with Crippen LogP contribution in [0.25, 0.3) is 0 Å². The van der Waals surface area contributed by atoms with Gasteiger partial charge in [0.25, 0.3) is 0 Å². The molecule has 96 valence electrons. The Bertz CT molecular complexity index is 337. The van der Waals surface area contributed by atoms with Crippen LogP contribution >= 0.6 is 11.3 Å². The van der Waals surface area contributed by atoms with E-state index in [0.29, 0.717) is 6.42 Å². The van der Waals surface area contributed by atoms with Crippen LogP contribution in [0.2, 0.25) is 0 Å². The predicted octanol–water partition coefficient (Wildman–Crippen LogP) is 3.70. The maximum Gasteiger partial charge on any atom is 0.248 e. The molecule has 1 nitrogen and oxygen atoms in total. The Morgan fingerprint density at radius 1 is 1.59 bits per heavy atom. The van der Waals surface area contributed by atoms with Gasteiger partial charge in [-0.2, -0.15) is 11.3 Å². The second kappa shape index (κ2) is 5.44. The zero-order valence-electron chi connectivity index (χ0n) is 10.1. The number of halogens is 2. The van der Waals surface area contributed by atoms with E-state index in [9.17, 15) is 8.78 Å². The maximum atomic E-state index is 13.2. The zero-order valence-corrected chi connectivity index (χ0v) is 10.9. The molecule has 2 atom stereocenters. The summed E-state index contributed by atoms with van der Waals surface area (Å²) in [7, 11) is 0. The molecule has 0 aromatic carbocycles. The second-order valence-corrected chi connectivity index (χ2v) is 5.64. The summed E-state index contributed by atoms with van der Waals surface area (Å²) in [5, 5.41) is 7.52. The molecule has 2 rings (SSSR count). The highest BCUT2D eigenvalue weighted by Gasteiger charge is 2.42. The Morgan fingerprint density at radius 2 is 2.41 bits per heavy atom. The van der Waals surface area contributed by atoms with E-state index in [1.807, 2.05) is 12.3 Å². The Balaban J connectivity index is 1.97. The third-order valence-electron chi connectivity index (χ3n) is 3.51. The fourth-order valence-electron chi connectivity index (χ4n) is 2.66. The van der Waals surface area contributed by atoms with Gasteiger partial charge in [-0.05, 0) is 47.7 Å². The fraction of sp³-hybridized carbons (Fsp3) is 0.692. The monoisotopic (exact) mass is 259 g/mol. The van der Waals surface area contributed by atoms with Crippen molar-refractivity contribution < 1.29 is 8.78 Å². The predicted molar refractivity (Wildman–Crippen MR) is 67.8 cm³/mol. The van der Waals surface area contributed by atoms with Crippen molar-refractivity contribution >= 4 is 11.3 Å². The summed E-state index contributed by atoms with van der Waals surface area (Å²) in [4.78, 5) is 0. The minimum absolute atomic E-state index is 0.0504. The Labute approximate surface area is 105 Å². The van der Waals surface area contributed by atoms with Crippen molar-refractivity contribution in [3.63, 3.8) is 0 Å². The molecule has 0 spiro atoms. The molecule has 4 heteroatoms. The van der Waals surface area contributed by atoms with Crippen molar-refractivity contribution in [3.8, 4) is 0 Å². The van der Waals surface area contributed by atoms with E-state index in [-0.39, 0.29) is 24.8 Å². The van der Waals surface area contributed by atoms with E-state index >= 15 is 0 Å². The lowest BCUT2D eigenvalue weighted by molar-refractivity contribution is 0.00333. The molecule has 1 saturated carbocycles. The lowest BCUT2D eigenvalue weighted by Gasteiger charge is -2.24. The number of hydrogen-bond acceptors (Lipinski definition) is 2. The lowest BCUT2D eigenvalue weighted by atomic mass is 9.93. The third kappa shape index (κ3) is 3.49. The number of rotatable bonds is 5. The van der Waals surface area contributed by atoms with Crippen LogP contribution in [0.4, 0.5) is 8.78 Å². The minimum Gasteiger partial charge on any atom is -0.314 e. The first kappa shape index (κ1) is 13.0. The third-order valence-corrected chi connectivity index (χ3v) is 4.24. The molecule has 1 heterocycles. The van der Waals surface area contributed by atoms with Gasteiger partial charge in [-0.15, -0.1) is 0 Å². The smallest absolute Gasteiger partial charge is 0.248 e. The molecule has 1 aliphatic rings. The molecule has 1 aromatic rings. The van der Waals surface area contributed by atoms with Crippen molar-refractivity contribution in [2.24, 2.45) is 5.92 Å². The number of thiophene rings is 1. The largest absolute Gasteiger partial charge is 0.314 e. The molecule has 1 aliphatic carbocycles. The summed E-state index contributed by atoms with van der Waals surface area (Å²) in [6.07, 6.45) is 1.63. The van der Waals surface area contributed by atoms with Gasteiger partial charge in [0, 0.05) is 18.9 Å². The van der Waals surface area contributed by atoms with Gasteiger partial charge in [-0.1, -0.05) is 6.92 Å². The summed E-state index contributed by atoms with van der Waals surface area (Å²) in [6, 6.07) is 2.28. The van der Waals surface area contributed by atoms with Crippen LogP contribution in [0.1, 0.15) is 31.7 Å². The van der Waals surface area contributed by atoms with Crippen LogP contribution in [0.3, 0.4) is 0 Å². The lowest BCUT2D eigenvalue weighted by Crippen LogP contribution is -2.37. The van der Waals surface area contributed by atoms with Crippen molar-refractivity contribution in [1.29, 1.82) is 0 Å². The molecule has 1 N–H and O–H groups in total. The van der Waals surface area contributed by atoms with Crippen LogP contribution in [-0.2, 0) is 6.42 Å². The molecule has 0 amide bonds. The normalized spacial score (nSPS) is 25.0. The van der Waals surface area contributed by atoms with Gasteiger partial charge in [0.1, 0.15) is 0 Å². The molecule has 17 heavy (non-hydrogen) atoms. The molecule has 0 bridgehead atoms. The molecule has 1 aromatic heterocycles. The van der Waals surface area contributed by atoms with Gasteiger partial charge in [-0.3, -0.25) is 0 Å². The standard InChI is InChI=1S/C13H19F2NS/c1-2-16-12(7-10-4-6-17-9-10)11-3-5-13(14,15)8-11/h4,6,9,11-12,16H,2-3,5,7-8H2,1H3. The van der Waals surface area contributed by atoms with E-state index in [0.717, 1.165) is 13.0 Å². The Kier molecular flexibility index (Phi) is 4.15. The summed E-state index contributed by atoms with van der Waals surface area (Å²) in [5.41, 5.74) is 1.26. The highest BCUT2D eigenvalue weighted by molar-refractivity contribution is 7.07. The SMILES string of the molecule is CCNC(Cc1ccsc1)C1CCC(F)(F)C1. The molecular formula is C13H19F2NS. The van der Waals surface area contributed by atoms with Crippen LogP contribution in [0.15, 0.2) is 16.8 Å². The first-order chi connectivity index (χ1) is 8.11. The molecule has 0 saturated heterocycles. The van der Waals surface area contributed by atoms with E-state index < -0.39 is 5.92 Å². The zero-order chi connectivity index (χ0) is 12.3. The minimum atomic E-state index is -2.44. The van der Waals surface area contributed by atoms with Crippen molar-refractivity contribution in [2.75, 3.05) is 6.54 Å². The van der Waals surface area contributed by atoms with Crippen LogP contribution in [-0.4, -0.2) is 18.5 Å². The fourth-order valence-corrected chi connectivity index (χ4v) is 3.34. The van der Waals surface area contributed by atoms with E-state index in [2.05, 4.69) is 16.8 Å². The number of likely N-dealkylation sites (N-methyl/N-ethyl adjacent to an activating group) is 1. The second-order valence-electron chi connectivity index (χ2n) is 4.86. The van der Waals surface area contributed by atoms with Gasteiger partial charge in [0.2, 0.25) is 5.92 Å². The summed E-state index contributed by atoms with van der Waals surface area (Å²) in [6.45, 7) is 2.88. The number of alkyl halides is 2. The summed E-state index contributed by atoms with van der Waals surface area (Å²) in [5.74, 6) is -2.32. The molecule has 0 radical (unpaired) electrons. The van der Waals surface area contributed by atoms with Crippen molar-refractivity contribution in [3.05, 3.63) is 22.4 Å². The van der Waals surface area contributed by atoms with Crippen molar-refractivity contribution in [2.45, 2.75) is 44.6 Å². The first-order valence-corrected chi connectivity index (χ1v) is 7.17. The molecular weight excluding hydrogens is 240 g/mol. The summed E-state index contributed by atoms with van der Waals surface area (Å²) >= 11 is 1.67. The quantitative estimate of drug-likeness (QED) is 0.850. The van der Waals surface area contributed by atoms with Gasteiger partial charge >= 0.3 is 0 Å². The molecule has 1 fully saturated rings. The molecule has 2 unspecified atom stereocenters. The van der Waals surface area contributed by atoms with Crippen LogP contribution in [0, 0.1) is 5.92 Å². The van der Waals surface area contributed by atoms with Gasteiger partial charge in [0.15, 0.2) is 0 Å². The molecule has 0 aliphatic heterocycles. The highest BCUT2D eigenvalue weighted by atomic mass is 32.1. The highest BCUT2D eigenvalue weighted by Crippen LogP contribution is 2.40. The number of nitrogens with one attached hydrogen (secondary N) is 1. The van der Waals surface area contributed by atoms with E-state index in [4.69, 9.17) is 0 Å². The maximum absolute atomic E-state index is 13.2.